The summed E-state index contributed by atoms with van der Waals surface area (Å²) in [6.07, 6.45) is 3.52. The largest absolute Gasteiger partial charge is 0.260 e. The number of aromatic nitrogens is 1. The first-order valence-corrected chi connectivity index (χ1v) is 8.98. The van der Waals surface area contributed by atoms with Crippen molar-refractivity contribution in [2.24, 2.45) is 0 Å². The van der Waals surface area contributed by atoms with Crippen molar-refractivity contribution < 1.29 is 8.42 Å². The minimum atomic E-state index is -3.50. The van der Waals surface area contributed by atoms with Gasteiger partial charge in [-0.3, -0.25) is 4.98 Å². The van der Waals surface area contributed by atoms with E-state index >= 15 is 0 Å². The molecule has 6 heteroatoms. The summed E-state index contributed by atoms with van der Waals surface area (Å²) in [7, 11) is -3.50. The van der Waals surface area contributed by atoms with Gasteiger partial charge in [-0.05, 0) is 43.2 Å². The monoisotopic (exact) mass is 366 g/mol. The second-order valence-corrected chi connectivity index (χ2v) is 7.87. The number of nitrogens with zero attached hydrogens (tertiary/aromatic N) is 2. The van der Waals surface area contributed by atoms with Gasteiger partial charge in [0.2, 0.25) is 10.0 Å². The molecule has 0 amide bonds. The summed E-state index contributed by atoms with van der Waals surface area (Å²) in [5.41, 5.74) is 0.767. The number of benzene rings is 1. The Morgan fingerprint density at radius 3 is 2.62 bits per heavy atom. The number of sulfonamides is 1. The Morgan fingerprint density at radius 2 is 2.00 bits per heavy atom. The van der Waals surface area contributed by atoms with Crippen LogP contribution in [0.5, 0.6) is 0 Å². The zero-order valence-corrected chi connectivity index (χ0v) is 13.7. The van der Waals surface area contributed by atoms with Crippen LogP contribution in [-0.2, 0) is 16.6 Å². The van der Waals surface area contributed by atoms with E-state index in [1.54, 1.807) is 28.7 Å². The highest BCUT2D eigenvalue weighted by Crippen LogP contribution is 2.33. The molecular formula is C15H15BrN2O2S. The molecule has 1 aliphatic rings. The van der Waals surface area contributed by atoms with Crippen LogP contribution in [0.2, 0.25) is 0 Å². The van der Waals surface area contributed by atoms with E-state index in [2.05, 4.69) is 20.9 Å². The predicted octanol–water partition coefficient (Wildman–Crippen LogP) is 3.20. The van der Waals surface area contributed by atoms with Crippen LogP contribution in [0.25, 0.3) is 0 Å². The third-order valence-corrected chi connectivity index (χ3v) is 5.79. The second kappa shape index (κ2) is 5.87. The van der Waals surface area contributed by atoms with Gasteiger partial charge >= 0.3 is 0 Å². The molecule has 0 spiro atoms. The van der Waals surface area contributed by atoms with Gasteiger partial charge in [0.05, 0.1) is 17.1 Å². The first-order chi connectivity index (χ1) is 10.1. The Hall–Kier alpha value is -1.24. The van der Waals surface area contributed by atoms with Gasteiger partial charge in [0, 0.05) is 16.7 Å². The summed E-state index contributed by atoms with van der Waals surface area (Å²) in [6.45, 7) is 0.320. The maximum atomic E-state index is 12.8. The number of pyridine rings is 1. The summed E-state index contributed by atoms with van der Waals surface area (Å²) in [4.78, 5) is 4.56. The van der Waals surface area contributed by atoms with Crippen molar-refractivity contribution >= 4 is 26.0 Å². The van der Waals surface area contributed by atoms with Gasteiger partial charge in [-0.15, -0.1) is 0 Å². The smallest absolute Gasteiger partial charge is 0.243 e. The van der Waals surface area contributed by atoms with Crippen molar-refractivity contribution in [3.8, 4) is 0 Å². The van der Waals surface area contributed by atoms with E-state index < -0.39 is 10.0 Å². The zero-order valence-electron chi connectivity index (χ0n) is 11.3. The van der Waals surface area contributed by atoms with E-state index in [1.165, 1.54) is 0 Å². The summed E-state index contributed by atoms with van der Waals surface area (Å²) in [6, 6.07) is 12.5. The fourth-order valence-corrected chi connectivity index (χ4v) is 4.44. The Balaban J connectivity index is 1.93. The lowest BCUT2D eigenvalue weighted by Crippen LogP contribution is -2.33. The van der Waals surface area contributed by atoms with Gasteiger partial charge in [0.15, 0.2) is 0 Å². The van der Waals surface area contributed by atoms with Crippen LogP contribution in [-0.4, -0.2) is 23.7 Å². The minimum Gasteiger partial charge on any atom is -0.260 e. The van der Waals surface area contributed by atoms with E-state index in [-0.39, 0.29) is 6.04 Å². The number of hydrogen-bond acceptors (Lipinski definition) is 3. The molecule has 110 valence electrons. The number of halogens is 1. The molecule has 0 N–H and O–H groups in total. The van der Waals surface area contributed by atoms with Crippen LogP contribution in [0.3, 0.4) is 0 Å². The van der Waals surface area contributed by atoms with E-state index in [4.69, 9.17) is 0 Å². The SMILES string of the molecule is O=S(=O)(c1cccc(Br)c1)N(Cc1ccccn1)C1CC1. The summed E-state index contributed by atoms with van der Waals surface area (Å²) in [5.74, 6) is 0. The highest BCUT2D eigenvalue weighted by atomic mass is 79.9. The molecule has 0 saturated heterocycles. The maximum absolute atomic E-state index is 12.8. The molecule has 0 unspecified atom stereocenters. The third kappa shape index (κ3) is 3.33. The molecule has 1 fully saturated rings. The second-order valence-electron chi connectivity index (χ2n) is 5.06. The molecule has 1 aromatic carbocycles. The van der Waals surface area contributed by atoms with E-state index in [9.17, 15) is 8.42 Å². The van der Waals surface area contributed by atoms with Crippen LogP contribution in [0.1, 0.15) is 18.5 Å². The van der Waals surface area contributed by atoms with Crippen molar-refractivity contribution in [1.82, 2.24) is 9.29 Å². The average molecular weight is 367 g/mol. The summed E-state index contributed by atoms with van der Waals surface area (Å²) in [5, 5.41) is 0. The van der Waals surface area contributed by atoms with Crippen molar-refractivity contribution in [2.45, 2.75) is 30.3 Å². The maximum Gasteiger partial charge on any atom is 0.243 e. The van der Waals surface area contributed by atoms with Crippen LogP contribution >= 0.6 is 15.9 Å². The molecule has 0 bridgehead atoms. The first-order valence-electron chi connectivity index (χ1n) is 6.75. The van der Waals surface area contributed by atoms with Gasteiger partial charge in [-0.25, -0.2) is 8.42 Å². The van der Waals surface area contributed by atoms with Crippen molar-refractivity contribution in [2.75, 3.05) is 0 Å². The van der Waals surface area contributed by atoms with Gasteiger partial charge in [-0.1, -0.05) is 28.1 Å². The highest BCUT2D eigenvalue weighted by molar-refractivity contribution is 9.10. The van der Waals surface area contributed by atoms with Crippen LogP contribution in [0, 0.1) is 0 Å². The molecule has 1 heterocycles. The molecule has 0 atom stereocenters. The Kier molecular flexibility index (Phi) is 4.10. The van der Waals surface area contributed by atoms with Gasteiger partial charge in [-0.2, -0.15) is 4.31 Å². The topological polar surface area (TPSA) is 50.3 Å². The lowest BCUT2D eigenvalue weighted by molar-refractivity contribution is 0.394. The van der Waals surface area contributed by atoms with Gasteiger partial charge in [0.1, 0.15) is 0 Å². The van der Waals surface area contributed by atoms with Crippen LogP contribution in [0.4, 0.5) is 0 Å². The lowest BCUT2D eigenvalue weighted by Gasteiger charge is -2.21. The van der Waals surface area contributed by atoms with Gasteiger partial charge in [0.25, 0.3) is 0 Å². The third-order valence-electron chi connectivity index (χ3n) is 3.40. The Labute approximate surface area is 133 Å². The number of hydrogen-bond donors (Lipinski definition) is 0. The fourth-order valence-electron chi connectivity index (χ4n) is 2.19. The quantitative estimate of drug-likeness (QED) is 0.816. The molecular weight excluding hydrogens is 352 g/mol. The van der Waals surface area contributed by atoms with E-state index in [1.807, 2.05) is 24.3 Å². The van der Waals surface area contributed by atoms with Gasteiger partial charge < -0.3 is 0 Å². The zero-order chi connectivity index (χ0) is 14.9. The number of rotatable bonds is 5. The van der Waals surface area contributed by atoms with Crippen LogP contribution in [0.15, 0.2) is 58.0 Å². The van der Waals surface area contributed by atoms with Crippen molar-refractivity contribution in [1.29, 1.82) is 0 Å². The van der Waals surface area contributed by atoms with Crippen LogP contribution < -0.4 is 0 Å². The summed E-state index contributed by atoms with van der Waals surface area (Å²) >= 11 is 3.33. The Bertz CT molecular complexity index is 730. The summed E-state index contributed by atoms with van der Waals surface area (Å²) < 4.78 is 28.0. The molecule has 1 aliphatic carbocycles. The molecule has 1 aromatic heterocycles. The molecule has 0 aliphatic heterocycles. The molecule has 0 radical (unpaired) electrons. The molecule has 4 nitrogen and oxygen atoms in total. The molecule has 2 aromatic rings. The molecule has 1 saturated carbocycles. The lowest BCUT2D eigenvalue weighted by atomic mass is 10.3. The Morgan fingerprint density at radius 1 is 1.19 bits per heavy atom. The standard InChI is InChI=1S/C15H15BrN2O2S/c16-12-4-3-6-15(10-12)21(19,20)18(14-7-8-14)11-13-5-1-2-9-17-13/h1-6,9-10,14H,7-8,11H2. The van der Waals surface area contributed by atoms with Crippen molar-refractivity contribution in [3.63, 3.8) is 0 Å². The van der Waals surface area contributed by atoms with Crippen molar-refractivity contribution in [3.05, 3.63) is 58.8 Å². The average Bonchev–Trinajstić information content (AvgIpc) is 3.30. The molecule has 21 heavy (non-hydrogen) atoms. The van der Waals surface area contributed by atoms with E-state index in [0.29, 0.717) is 11.4 Å². The minimum absolute atomic E-state index is 0.0935. The fraction of sp³-hybridized carbons (Fsp3) is 0.267. The molecule has 3 rings (SSSR count). The van der Waals surface area contributed by atoms with E-state index in [0.717, 1.165) is 23.0 Å². The predicted molar refractivity (Wildman–Crippen MR) is 84.1 cm³/mol. The highest BCUT2D eigenvalue weighted by Gasteiger charge is 2.38. The normalized spacial score (nSPS) is 15.3. The first kappa shape index (κ1) is 14.7.